The van der Waals surface area contributed by atoms with E-state index in [1.54, 1.807) is 24.3 Å². The lowest BCUT2D eigenvalue weighted by atomic mass is 10.1. The fraction of sp³-hybridized carbons (Fsp3) is 0.250. The van der Waals surface area contributed by atoms with Crippen molar-refractivity contribution in [2.45, 2.75) is 10.1 Å². The predicted molar refractivity (Wildman–Crippen MR) is 81.4 cm³/mol. The third-order valence-corrected chi connectivity index (χ3v) is 5.25. The van der Waals surface area contributed by atoms with Gasteiger partial charge in [-0.2, -0.15) is 0 Å². The second-order valence-corrected chi connectivity index (χ2v) is 7.15. The Labute approximate surface area is 120 Å². The first-order valence-electron chi connectivity index (χ1n) is 6.50. The van der Waals surface area contributed by atoms with E-state index in [1.165, 1.54) is 0 Å². The van der Waals surface area contributed by atoms with Crippen LogP contribution in [-0.4, -0.2) is 34.0 Å². The van der Waals surface area contributed by atoms with E-state index in [1.807, 2.05) is 55.4 Å². The highest BCUT2D eigenvalue weighted by atomic mass is 32.2. The highest BCUT2D eigenvalue weighted by Gasteiger charge is 2.29. The van der Waals surface area contributed by atoms with Crippen LogP contribution in [0.1, 0.15) is 10.8 Å². The molecule has 0 spiro atoms. The van der Waals surface area contributed by atoms with E-state index in [2.05, 4.69) is 0 Å². The second kappa shape index (κ2) is 6.20. The highest BCUT2D eigenvalue weighted by Crippen LogP contribution is 2.29. The van der Waals surface area contributed by atoms with E-state index >= 15 is 0 Å². The normalized spacial score (nSPS) is 13.3. The molecule has 0 bridgehead atoms. The number of nitrogens with zero attached hydrogens (tertiary/aromatic N) is 1. The number of hydrogen-bond acceptors (Lipinski definition) is 3. The maximum absolute atomic E-state index is 12.8. The molecule has 0 amide bonds. The van der Waals surface area contributed by atoms with Gasteiger partial charge in [0.25, 0.3) is 0 Å². The molecule has 2 aromatic rings. The third-order valence-electron chi connectivity index (χ3n) is 3.15. The molecule has 106 valence electrons. The number of likely N-dealkylation sites (N-methyl/N-ethyl adjacent to an activating group) is 1. The molecule has 3 nitrogen and oxygen atoms in total. The van der Waals surface area contributed by atoms with Crippen LogP contribution in [0.2, 0.25) is 0 Å². The fourth-order valence-electron chi connectivity index (χ4n) is 2.16. The lowest BCUT2D eigenvalue weighted by molar-refractivity contribution is 0.401. The predicted octanol–water partition coefficient (Wildman–Crippen LogP) is 2.76. The number of benzene rings is 2. The van der Waals surface area contributed by atoms with Crippen LogP contribution in [0.25, 0.3) is 0 Å². The quantitative estimate of drug-likeness (QED) is 0.849. The Bertz CT molecular complexity index is 637. The van der Waals surface area contributed by atoms with E-state index in [4.69, 9.17) is 0 Å². The largest absolute Gasteiger partial charge is 0.308 e. The van der Waals surface area contributed by atoms with Crippen LogP contribution in [-0.2, 0) is 9.84 Å². The molecule has 0 radical (unpaired) electrons. The van der Waals surface area contributed by atoms with E-state index < -0.39 is 15.1 Å². The summed E-state index contributed by atoms with van der Waals surface area (Å²) in [5, 5.41) is -0.555. The van der Waals surface area contributed by atoms with Crippen LogP contribution >= 0.6 is 0 Å². The zero-order valence-corrected chi connectivity index (χ0v) is 12.5. The Morgan fingerprint density at radius 3 is 1.90 bits per heavy atom. The van der Waals surface area contributed by atoms with Crippen LogP contribution in [0.15, 0.2) is 65.6 Å². The molecule has 0 saturated carbocycles. The highest BCUT2D eigenvalue weighted by molar-refractivity contribution is 7.91. The molecule has 2 rings (SSSR count). The van der Waals surface area contributed by atoms with E-state index in [-0.39, 0.29) is 0 Å². The maximum atomic E-state index is 12.8. The van der Waals surface area contributed by atoms with Gasteiger partial charge in [-0.1, -0.05) is 48.5 Å². The molecule has 0 aromatic heterocycles. The van der Waals surface area contributed by atoms with Gasteiger partial charge in [-0.25, -0.2) is 8.42 Å². The molecule has 1 unspecified atom stereocenters. The van der Waals surface area contributed by atoms with Crippen molar-refractivity contribution in [1.29, 1.82) is 0 Å². The molecule has 0 aliphatic heterocycles. The van der Waals surface area contributed by atoms with Gasteiger partial charge in [-0.3, -0.25) is 0 Å². The standard InChI is InChI=1S/C16H19NO2S/c1-17(2)13-16(14-9-5-3-6-10-14)20(18,19)15-11-7-4-8-12-15/h3-12,16H,13H2,1-2H3. The summed E-state index contributed by atoms with van der Waals surface area (Å²) in [5.74, 6) is 0. The maximum Gasteiger partial charge on any atom is 0.186 e. The molecule has 2 aromatic carbocycles. The van der Waals surface area contributed by atoms with Crippen molar-refractivity contribution >= 4 is 9.84 Å². The number of hydrogen-bond donors (Lipinski definition) is 0. The fourth-order valence-corrected chi connectivity index (χ4v) is 4.03. The summed E-state index contributed by atoms with van der Waals surface area (Å²) in [5.41, 5.74) is 0.824. The zero-order chi connectivity index (χ0) is 14.6. The lowest BCUT2D eigenvalue weighted by Crippen LogP contribution is -2.26. The number of sulfone groups is 1. The molecule has 20 heavy (non-hydrogen) atoms. The van der Waals surface area contributed by atoms with E-state index in [9.17, 15) is 8.42 Å². The summed E-state index contributed by atoms with van der Waals surface area (Å²) < 4.78 is 25.7. The molecule has 0 fully saturated rings. The molecule has 0 aliphatic rings. The molecule has 0 aliphatic carbocycles. The minimum Gasteiger partial charge on any atom is -0.308 e. The number of rotatable bonds is 5. The van der Waals surface area contributed by atoms with Gasteiger partial charge in [0.05, 0.1) is 4.90 Å². The molecular weight excluding hydrogens is 270 g/mol. The van der Waals surface area contributed by atoms with Gasteiger partial charge in [0.15, 0.2) is 9.84 Å². The molecule has 0 N–H and O–H groups in total. The lowest BCUT2D eigenvalue weighted by Gasteiger charge is -2.22. The van der Waals surface area contributed by atoms with Crippen LogP contribution in [0.4, 0.5) is 0 Å². The van der Waals surface area contributed by atoms with Crippen molar-refractivity contribution < 1.29 is 8.42 Å². The van der Waals surface area contributed by atoms with Gasteiger partial charge >= 0.3 is 0 Å². The Morgan fingerprint density at radius 1 is 0.900 bits per heavy atom. The Morgan fingerprint density at radius 2 is 1.40 bits per heavy atom. The van der Waals surface area contributed by atoms with Crippen molar-refractivity contribution in [1.82, 2.24) is 4.90 Å². The van der Waals surface area contributed by atoms with Gasteiger partial charge < -0.3 is 4.90 Å². The van der Waals surface area contributed by atoms with Crippen molar-refractivity contribution in [3.63, 3.8) is 0 Å². The van der Waals surface area contributed by atoms with Crippen LogP contribution in [0.3, 0.4) is 0 Å². The minimum absolute atomic E-state index is 0.371. The molecule has 1 atom stereocenters. The topological polar surface area (TPSA) is 37.4 Å². The zero-order valence-electron chi connectivity index (χ0n) is 11.7. The Kier molecular flexibility index (Phi) is 4.57. The third kappa shape index (κ3) is 3.26. The smallest absolute Gasteiger partial charge is 0.186 e. The monoisotopic (exact) mass is 289 g/mol. The summed E-state index contributed by atoms with van der Waals surface area (Å²) >= 11 is 0. The summed E-state index contributed by atoms with van der Waals surface area (Å²) in [6.45, 7) is 0.460. The van der Waals surface area contributed by atoms with Crippen LogP contribution in [0, 0.1) is 0 Å². The first-order chi connectivity index (χ1) is 9.51. The van der Waals surface area contributed by atoms with Crippen molar-refractivity contribution in [2.24, 2.45) is 0 Å². The summed E-state index contributed by atoms with van der Waals surface area (Å²) in [4.78, 5) is 2.27. The summed E-state index contributed by atoms with van der Waals surface area (Å²) in [6, 6.07) is 18.0. The van der Waals surface area contributed by atoms with Crippen molar-refractivity contribution in [2.75, 3.05) is 20.6 Å². The first-order valence-corrected chi connectivity index (χ1v) is 8.05. The SMILES string of the molecule is CN(C)CC(c1ccccc1)S(=O)(=O)c1ccccc1. The van der Waals surface area contributed by atoms with Crippen molar-refractivity contribution in [3.8, 4) is 0 Å². The van der Waals surface area contributed by atoms with Crippen molar-refractivity contribution in [3.05, 3.63) is 66.2 Å². The van der Waals surface area contributed by atoms with Gasteiger partial charge in [0, 0.05) is 6.54 Å². The van der Waals surface area contributed by atoms with Gasteiger partial charge in [-0.15, -0.1) is 0 Å². The summed E-state index contributed by atoms with van der Waals surface area (Å²) in [6.07, 6.45) is 0. The molecular formula is C16H19NO2S. The molecule has 0 heterocycles. The average Bonchev–Trinajstić information content (AvgIpc) is 2.46. The van der Waals surface area contributed by atoms with Crippen LogP contribution < -0.4 is 0 Å². The summed E-state index contributed by atoms with van der Waals surface area (Å²) in [7, 11) is 0.380. The average molecular weight is 289 g/mol. The van der Waals surface area contributed by atoms with E-state index in [0.29, 0.717) is 11.4 Å². The molecule has 0 saturated heterocycles. The molecule has 4 heteroatoms. The van der Waals surface area contributed by atoms with Gasteiger partial charge in [-0.05, 0) is 31.8 Å². The minimum atomic E-state index is -3.39. The van der Waals surface area contributed by atoms with Gasteiger partial charge in [0.2, 0.25) is 0 Å². The van der Waals surface area contributed by atoms with E-state index in [0.717, 1.165) is 5.56 Å². The second-order valence-electron chi connectivity index (χ2n) is 5.02. The van der Waals surface area contributed by atoms with Crippen LogP contribution in [0.5, 0.6) is 0 Å². The first kappa shape index (κ1) is 14.8. The van der Waals surface area contributed by atoms with Gasteiger partial charge in [0.1, 0.15) is 5.25 Å². The Hall–Kier alpha value is -1.65. The Balaban J connectivity index is 2.47.